The molecule has 3 N–H and O–H groups in total. The molecule has 0 heterocycles. The monoisotopic (exact) mass is 171 g/mol. The largest absolute Gasteiger partial charge is 0.317 e. The highest BCUT2D eigenvalue weighted by molar-refractivity contribution is 4.90. The molecule has 0 aliphatic heterocycles. The zero-order valence-electron chi connectivity index (χ0n) is 8.35. The minimum atomic E-state index is 0.626. The van der Waals surface area contributed by atoms with E-state index in [9.17, 15) is 0 Å². The predicted molar refractivity (Wildman–Crippen MR) is 52.4 cm³/mol. The van der Waals surface area contributed by atoms with Crippen LogP contribution in [0.3, 0.4) is 0 Å². The van der Waals surface area contributed by atoms with Crippen LogP contribution in [0.1, 0.15) is 19.3 Å². The number of likely N-dealkylation sites (N-methyl/N-ethyl adjacent to an activating group) is 2. The Balaban J connectivity index is 2.41. The van der Waals surface area contributed by atoms with E-state index in [0.717, 1.165) is 0 Å². The van der Waals surface area contributed by atoms with Gasteiger partial charge in [-0.15, -0.1) is 0 Å². The van der Waals surface area contributed by atoms with Crippen molar-refractivity contribution in [2.75, 3.05) is 21.1 Å². The molecule has 0 bridgehead atoms. The van der Waals surface area contributed by atoms with Crippen LogP contribution < -0.4 is 16.0 Å². The van der Waals surface area contributed by atoms with Gasteiger partial charge in [0, 0.05) is 18.1 Å². The first-order valence-electron chi connectivity index (χ1n) is 4.83. The SMILES string of the molecule is CNC1CCC(NC)C(NC)C1. The molecule has 72 valence electrons. The standard InChI is InChI=1S/C9H21N3/c1-10-7-4-5-8(11-2)9(6-7)12-3/h7-12H,4-6H2,1-3H3. The lowest BCUT2D eigenvalue weighted by Gasteiger charge is -2.35. The molecule has 12 heavy (non-hydrogen) atoms. The number of hydrogen-bond acceptors (Lipinski definition) is 3. The molecule has 3 nitrogen and oxygen atoms in total. The minimum absolute atomic E-state index is 0.626. The van der Waals surface area contributed by atoms with E-state index in [1.165, 1.54) is 19.3 Å². The Kier molecular flexibility index (Phi) is 3.98. The van der Waals surface area contributed by atoms with Gasteiger partial charge in [0.05, 0.1) is 0 Å². The van der Waals surface area contributed by atoms with Crippen molar-refractivity contribution in [3.05, 3.63) is 0 Å². The van der Waals surface area contributed by atoms with Crippen LogP contribution in [0, 0.1) is 0 Å². The lowest BCUT2D eigenvalue weighted by atomic mass is 9.87. The molecule has 3 unspecified atom stereocenters. The highest BCUT2D eigenvalue weighted by Gasteiger charge is 2.27. The highest BCUT2D eigenvalue weighted by Crippen LogP contribution is 2.18. The van der Waals surface area contributed by atoms with Crippen molar-refractivity contribution < 1.29 is 0 Å². The molecular formula is C9H21N3. The molecule has 0 aromatic rings. The lowest BCUT2D eigenvalue weighted by molar-refractivity contribution is 0.265. The molecule has 3 atom stereocenters. The van der Waals surface area contributed by atoms with E-state index in [4.69, 9.17) is 0 Å². The van der Waals surface area contributed by atoms with Gasteiger partial charge in [-0.2, -0.15) is 0 Å². The van der Waals surface area contributed by atoms with E-state index in [1.54, 1.807) is 0 Å². The average Bonchev–Trinajstić information content (AvgIpc) is 2.16. The van der Waals surface area contributed by atoms with Crippen LogP contribution in [0.4, 0.5) is 0 Å². The summed E-state index contributed by atoms with van der Waals surface area (Å²) in [6.07, 6.45) is 3.80. The Hall–Kier alpha value is -0.120. The molecule has 3 heteroatoms. The maximum atomic E-state index is 3.37. The average molecular weight is 171 g/mol. The van der Waals surface area contributed by atoms with Gasteiger partial charge in [0.1, 0.15) is 0 Å². The van der Waals surface area contributed by atoms with E-state index in [2.05, 4.69) is 30.0 Å². The summed E-state index contributed by atoms with van der Waals surface area (Å²) in [5.41, 5.74) is 0. The molecule has 0 amide bonds. The van der Waals surface area contributed by atoms with Crippen molar-refractivity contribution in [1.82, 2.24) is 16.0 Å². The summed E-state index contributed by atoms with van der Waals surface area (Å²) in [6, 6.07) is 1.98. The van der Waals surface area contributed by atoms with Crippen LogP contribution in [-0.2, 0) is 0 Å². The van der Waals surface area contributed by atoms with Crippen LogP contribution in [0.2, 0.25) is 0 Å². The van der Waals surface area contributed by atoms with Crippen molar-refractivity contribution in [1.29, 1.82) is 0 Å². The van der Waals surface area contributed by atoms with Crippen molar-refractivity contribution in [3.8, 4) is 0 Å². The summed E-state index contributed by atoms with van der Waals surface area (Å²) in [7, 11) is 6.15. The third-order valence-corrected chi connectivity index (χ3v) is 3.00. The fraction of sp³-hybridized carbons (Fsp3) is 1.00. The van der Waals surface area contributed by atoms with E-state index >= 15 is 0 Å². The second-order valence-electron chi connectivity index (χ2n) is 3.59. The van der Waals surface area contributed by atoms with Crippen molar-refractivity contribution in [2.45, 2.75) is 37.4 Å². The molecular weight excluding hydrogens is 150 g/mol. The zero-order chi connectivity index (χ0) is 8.97. The van der Waals surface area contributed by atoms with Gasteiger partial charge in [-0.3, -0.25) is 0 Å². The summed E-state index contributed by atoms with van der Waals surface area (Å²) >= 11 is 0. The predicted octanol–water partition coefficient (Wildman–Crippen LogP) is -0.0657. The molecule has 1 aliphatic carbocycles. The summed E-state index contributed by atoms with van der Waals surface area (Å²) in [5, 5.41) is 10.1. The van der Waals surface area contributed by atoms with Gasteiger partial charge < -0.3 is 16.0 Å². The van der Waals surface area contributed by atoms with Gasteiger partial charge in [-0.25, -0.2) is 0 Å². The number of hydrogen-bond donors (Lipinski definition) is 3. The molecule has 0 saturated heterocycles. The Morgan fingerprint density at radius 1 is 0.833 bits per heavy atom. The quantitative estimate of drug-likeness (QED) is 0.556. The van der Waals surface area contributed by atoms with Gasteiger partial charge in [-0.1, -0.05) is 0 Å². The molecule has 1 saturated carbocycles. The van der Waals surface area contributed by atoms with Gasteiger partial charge in [0.2, 0.25) is 0 Å². The fourth-order valence-corrected chi connectivity index (χ4v) is 2.10. The van der Waals surface area contributed by atoms with E-state index in [0.29, 0.717) is 18.1 Å². The molecule has 0 radical (unpaired) electrons. The molecule has 0 aromatic carbocycles. The Morgan fingerprint density at radius 2 is 1.50 bits per heavy atom. The van der Waals surface area contributed by atoms with Gasteiger partial charge >= 0.3 is 0 Å². The van der Waals surface area contributed by atoms with Crippen LogP contribution in [0.15, 0.2) is 0 Å². The van der Waals surface area contributed by atoms with Crippen LogP contribution in [0.25, 0.3) is 0 Å². The highest BCUT2D eigenvalue weighted by atomic mass is 15.0. The van der Waals surface area contributed by atoms with E-state index < -0.39 is 0 Å². The third kappa shape index (κ3) is 2.19. The van der Waals surface area contributed by atoms with Crippen molar-refractivity contribution in [2.24, 2.45) is 0 Å². The first-order valence-corrected chi connectivity index (χ1v) is 4.83. The zero-order valence-corrected chi connectivity index (χ0v) is 8.35. The van der Waals surface area contributed by atoms with Gasteiger partial charge in [0.15, 0.2) is 0 Å². The number of rotatable bonds is 3. The summed E-state index contributed by atoms with van der Waals surface area (Å²) < 4.78 is 0. The fourth-order valence-electron chi connectivity index (χ4n) is 2.10. The van der Waals surface area contributed by atoms with Crippen LogP contribution in [0.5, 0.6) is 0 Å². The molecule has 1 aliphatic rings. The lowest BCUT2D eigenvalue weighted by Crippen LogP contribution is -2.52. The normalized spacial score (nSPS) is 36.8. The smallest absolute Gasteiger partial charge is 0.0232 e. The van der Waals surface area contributed by atoms with E-state index in [-0.39, 0.29) is 0 Å². The molecule has 0 spiro atoms. The second-order valence-corrected chi connectivity index (χ2v) is 3.59. The summed E-state index contributed by atoms with van der Waals surface area (Å²) in [6.45, 7) is 0. The van der Waals surface area contributed by atoms with Crippen LogP contribution >= 0.6 is 0 Å². The third-order valence-electron chi connectivity index (χ3n) is 3.00. The summed E-state index contributed by atoms with van der Waals surface area (Å²) in [5.74, 6) is 0. The van der Waals surface area contributed by atoms with Crippen LogP contribution in [-0.4, -0.2) is 39.3 Å². The maximum absolute atomic E-state index is 3.37. The van der Waals surface area contributed by atoms with Crippen molar-refractivity contribution >= 4 is 0 Å². The summed E-state index contributed by atoms with van der Waals surface area (Å²) in [4.78, 5) is 0. The Labute approximate surface area is 75.3 Å². The first kappa shape index (κ1) is 9.96. The second kappa shape index (κ2) is 4.80. The number of nitrogens with one attached hydrogen (secondary N) is 3. The maximum Gasteiger partial charge on any atom is 0.0232 e. The first-order chi connectivity index (χ1) is 5.81. The molecule has 1 fully saturated rings. The van der Waals surface area contributed by atoms with Crippen molar-refractivity contribution in [3.63, 3.8) is 0 Å². The topological polar surface area (TPSA) is 36.1 Å². The van der Waals surface area contributed by atoms with E-state index in [1.807, 2.05) is 7.05 Å². The molecule has 0 aromatic heterocycles. The van der Waals surface area contributed by atoms with Gasteiger partial charge in [-0.05, 0) is 40.4 Å². The molecule has 1 rings (SSSR count). The Bertz CT molecular complexity index is 127. The Morgan fingerprint density at radius 3 is 2.00 bits per heavy atom. The van der Waals surface area contributed by atoms with Gasteiger partial charge in [0.25, 0.3) is 0 Å². The minimum Gasteiger partial charge on any atom is -0.317 e.